The van der Waals surface area contributed by atoms with E-state index in [1.807, 2.05) is 18.5 Å². The average molecular weight is 297 g/mol. The molecule has 0 aliphatic rings. The maximum atomic E-state index is 11.2. The van der Waals surface area contributed by atoms with Gasteiger partial charge in [-0.05, 0) is 25.1 Å². The van der Waals surface area contributed by atoms with E-state index in [0.717, 1.165) is 17.6 Å². The number of benzene rings is 1. The Bertz CT molecular complexity index is 665. The van der Waals surface area contributed by atoms with Crippen molar-refractivity contribution in [1.82, 2.24) is 4.98 Å². The van der Waals surface area contributed by atoms with Gasteiger partial charge in [-0.25, -0.2) is 13.4 Å². The van der Waals surface area contributed by atoms with Crippen molar-refractivity contribution >= 4 is 32.7 Å². The van der Waals surface area contributed by atoms with Crippen LogP contribution in [0, 0.1) is 6.92 Å². The maximum absolute atomic E-state index is 11.2. The van der Waals surface area contributed by atoms with Crippen molar-refractivity contribution in [2.75, 3.05) is 16.3 Å². The van der Waals surface area contributed by atoms with E-state index in [-0.39, 0.29) is 0 Å². The van der Waals surface area contributed by atoms with Gasteiger partial charge in [0.25, 0.3) is 0 Å². The lowest BCUT2D eigenvalue weighted by atomic mass is 10.3. The van der Waals surface area contributed by atoms with Crippen LogP contribution in [0.15, 0.2) is 29.8 Å². The summed E-state index contributed by atoms with van der Waals surface area (Å²) >= 11 is 1.60. The third-order valence-electron chi connectivity index (χ3n) is 2.46. The maximum Gasteiger partial charge on any atom is 0.229 e. The highest BCUT2D eigenvalue weighted by Crippen LogP contribution is 2.18. The van der Waals surface area contributed by atoms with Gasteiger partial charge in [-0.3, -0.25) is 4.72 Å². The number of rotatable bonds is 5. The van der Waals surface area contributed by atoms with Crippen LogP contribution in [0.3, 0.4) is 0 Å². The van der Waals surface area contributed by atoms with Gasteiger partial charge < -0.3 is 5.32 Å². The zero-order valence-corrected chi connectivity index (χ0v) is 12.3. The molecule has 0 aliphatic carbocycles. The molecule has 0 amide bonds. The van der Waals surface area contributed by atoms with Gasteiger partial charge in [0.15, 0.2) is 0 Å². The Balaban J connectivity index is 2.05. The summed E-state index contributed by atoms with van der Waals surface area (Å²) in [5.74, 6) is 0. The topological polar surface area (TPSA) is 71.1 Å². The molecule has 0 unspecified atom stereocenters. The first kappa shape index (κ1) is 13.8. The summed E-state index contributed by atoms with van der Waals surface area (Å²) in [4.78, 5) is 5.35. The number of nitrogens with one attached hydrogen (secondary N) is 2. The molecule has 1 aromatic heterocycles. The normalized spacial score (nSPS) is 11.3. The van der Waals surface area contributed by atoms with Crippen LogP contribution in [-0.4, -0.2) is 19.7 Å². The van der Waals surface area contributed by atoms with Gasteiger partial charge in [0.2, 0.25) is 10.0 Å². The lowest BCUT2D eigenvalue weighted by molar-refractivity contribution is 0.607. The van der Waals surface area contributed by atoms with E-state index in [0.29, 0.717) is 12.2 Å². The first-order valence-electron chi connectivity index (χ1n) is 5.65. The van der Waals surface area contributed by atoms with Crippen molar-refractivity contribution in [3.8, 4) is 0 Å². The van der Waals surface area contributed by atoms with Crippen molar-refractivity contribution < 1.29 is 8.42 Å². The van der Waals surface area contributed by atoms with Gasteiger partial charge in [-0.15, -0.1) is 11.3 Å². The Morgan fingerprint density at radius 1 is 1.32 bits per heavy atom. The molecular formula is C12H15N3O2S2. The third-order valence-corrected chi connectivity index (χ3v) is 4.01. The van der Waals surface area contributed by atoms with Gasteiger partial charge in [-0.2, -0.15) is 0 Å². The highest BCUT2D eigenvalue weighted by molar-refractivity contribution is 7.92. The summed E-state index contributed by atoms with van der Waals surface area (Å²) in [5, 5.41) is 3.25. The Morgan fingerprint density at radius 2 is 2.05 bits per heavy atom. The van der Waals surface area contributed by atoms with E-state index >= 15 is 0 Å². The lowest BCUT2D eigenvalue weighted by Crippen LogP contribution is -2.09. The number of hydrogen-bond acceptors (Lipinski definition) is 5. The van der Waals surface area contributed by atoms with Crippen molar-refractivity contribution in [1.29, 1.82) is 0 Å². The van der Waals surface area contributed by atoms with Gasteiger partial charge in [0, 0.05) is 10.6 Å². The Hall–Kier alpha value is -1.60. The SMILES string of the molecule is Cc1ncsc1CNc1cccc(NS(C)(=O)=O)c1. The van der Waals surface area contributed by atoms with Crippen molar-refractivity contribution in [2.45, 2.75) is 13.5 Å². The van der Waals surface area contributed by atoms with Gasteiger partial charge in [-0.1, -0.05) is 6.07 Å². The number of hydrogen-bond donors (Lipinski definition) is 2. The van der Waals surface area contributed by atoms with Crippen LogP contribution in [-0.2, 0) is 16.6 Å². The average Bonchev–Trinajstić information content (AvgIpc) is 2.70. The molecule has 0 spiro atoms. The number of sulfonamides is 1. The Kier molecular flexibility index (Phi) is 4.06. The highest BCUT2D eigenvalue weighted by Gasteiger charge is 2.04. The highest BCUT2D eigenvalue weighted by atomic mass is 32.2. The van der Waals surface area contributed by atoms with Gasteiger partial charge >= 0.3 is 0 Å². The lowest BCUT2D eigenvalue weighted by Gasteiger charge is -2.08. The predicted octanol–water partition coefficient (Wildman–Crippen LogP) is 2.44. The molecule has 2 N–H and O–H groups in total. The molecule has 19 heavy (non-hydrogen) atoms. The second kappa shape index (κ2) is 5.58. The first-order valence-corrected chi connectivity index (χ1v) is 8.42. The minimum absolute atomic E-state index is 0.550. The summed E-state index contributed by atoms with van der Waals surface area (Å²) in [6.07, 6.45) is 1.13. The van der Waals surface area contributed by atoms with Gasteiger partial charge in [0.05, 0.1) is 29.7 Å². The zero-order valence-electron chi connectivity index (χ0n) is 10.7. The standard InChI is InChI=1S/C12H15N3O2S2/c1-9-12(18-8-14-9)7-13-10-4-3-5-11(6-10)15-19(2,16)17/h3-6,8,13,15H,7H2,1-2H3. The van der Waals surface area contributed by atoms with Crippen molar-refractivity contribution in [2.24, 2.45) is 0 Å². The number of aryl methyl sites for hydroxylation is 1. The summed E-state index contributed by atoms with van der Waals surface area (Å²) in [6, 6.07) is 7.17. The van der Waals surface area contributed by atoms with Crippen LogP contribution in [0.5, 0.6) is 0 Å². The molecule has 1 heterocycles. The number of nitrogens with zero attached hydrogens (tertiary/aromatic N) is 1. The quantitative estimate of drug-likeness (QED) is 0.889. The fourth-order valence-electron chi connectivity index (χ4n) is 1.58. The van der Waals surface area contributed by atoms with Crippen LogP contribution in [0.4, 0.5) is 11.4 Å². The summed E-state index contributed by atoms with van der Waals surface area (Å²) in [7, 11) is -3.24. The molecule has 1 aromatic carbocycles. The van der Waals surface area contributed by atoms with Crippen LogP contribution in [0.2, 0.25) is 0 Å². The molecule has 2 rings (SSSR count). The van der Waals surface area contributed by atoms with Crippen LogP contribution in [0.25, 0.3) is 0 Å². The van der Waals surface area contributed by atoms with Crippen molar-refractivity contribution in [3.63, 3.8) is 0 Å². The van der Waals surface area contributed by atoms with Gasteiger partial charge in [0.1, 0.15) is 0 Å². The van der Waals surface area contributed by atoms with E-state index in [1.165, 1.54) is 4.88 Å². The summed E-state index contributed by atoms with van der Waals surface area (Å²) in [6.45, 7) is 2.65. The molecule has 2 aromatic rings. The zero-order chi connectivity index (χ0) is 13.9. The minimum Gasteiger partial charge on any atom is -0.380 e. The molecule has 102 valence electrons. The molecule has 5 nitrogen and oxygen atoms in total. The number of thiazole rings is 1. The first-order chi connectivity index (χ1) is 8.94. The van der Waals surface area contributed by atoms with E-state index in [2.05, 4.69) is 15.0 Å². The fraction of sp³-hybridized carbons (Fsp3) is 0.250. The second-order valence-corrected chi connectivity index (χ2v) is 6.86. The largest absolute Gasteiger partial charge is 0.380 e. The monoisotopic (exact) mass is 297 g/mol. The van der Waals surface area contributed by atoms with Crippen LogP contribution < -0.4 is 10.0 Å². The molecule has 0 radical (unpaired) electrons. The minimum atomic E-state index is -3.24. The summed E-state index contributed by atoms with van der Waals surface area (Å²) in [5.41, 5.74) is 4.24. The summed E-state index contributed by atoms with van der Waals surface area (Å²) < 4.78 is 24.8. The molecule has 7 heteroatoms. The van der Waals surface area contributed by atoms with E-state index in [1.54, 1.807) is 29.5 Å². The van der Waals surface area contributed by atoms with E-state index in [4.69, 9.17) is 0 Å². The van der Waals surface area contributed by atoms with Crippen LogP contribution >= 0.6 is 11.3 Å². The number of anilines is 2. The van der Waals surface area contributed by atoms with Crippen LogP contribution in [0.1, 0.15) is 10.6 Å². The number of aromatic nitrogens is 1. The molecule has 0 fully saturated rings. The molecule has 0 bridgehead atoms. The third kappa shape index (κ3) is 4.22. The van der Waals surface area contributed by atoms with E-state index in [9.17, 15) is 8.42 Å². The molecule has 0 atom stereocenters. The smallest absolute Gasteiger partial charge is 0.229 e. The Morgan fingerprint density at radius 3 is 2.68 bits per heavy atom. The predicted molar refractivity (Wildman–Crippen MR) is 79.1 cm³/mol. The second-order valence-electron chi connectivity index (χ2n) is 4.17. The molecular weight excluding hydrogens is 282 g/mol. The van der Waals surface area contributed by atoms with E-state index < -0.39 is 10.0 Å². The molecule has 0 aliphatic heterocycles. The van der Waals surface area contributed by atoms with Crippen molar-refractivity contribution in [3.05, 3.63) is 40.3 Å². The Labute approximate surface area is 116 Å². The molecule has 0 saturated heterocycles. The fourth-order valence-corrected chi connectivity index (χ4v) is 2.86. The molecule has 0 saturated carbocycles.